The molecule has 1 amide bonds. The van der Waals surface area contributed by atoms with E-state index >= 15 is 0 Å². The third kappa shape index (κ3) is 2.54. The van der Waals surface area contributed by atoms with E-state index in [4.69, 9.17) is 5.73 Å². The zero-order valence-electron chi connectivity index (χ0n) is 12.2. The number of likely N-dealkylation sites (tertiary alicyclic amines) is 1. The van der Waals surface area contributed by atoms with Crippen LogP contribution >= 0.6 is 0 Å². The predicted octanol–water partition coefficient (Wildman–Crippen LogP) is 2.54. The van der Waals surface area contributed by atoms with Crippen molar-refractivity contribution in [2.45, 2.75) is 70.4 Å². The van der Waals surface area contributed by atoms with Gasteiger partial charge in [-0.25, -0.2) is 0 Å². The Kier molecular flexibility index (Phi) is 3.84. The van der Waals surface area contributed by atoms with Gasteiger partial charge in [0.2, 0.25) is 5.91 Å². The second-order valence-corrected chi connectivity index (χ2v) is 7.08. The molecule has 3 rings (SSSR count). The van der Waals surface area contributed by atoms with E-state index in [0.717, 1.165) is 31.7 Å². The Balaban J connectivity index is 1.64. The molecule has 108 valence electrons. The van der Waals surface area contributed by atoms with Crippen molar-refractivity contribution in [3.05, 3.63) is 0 Å². The molecule has 1 aliphatic heterocycles. The lowest BCUT2D eigenvalue weighted by molar-refractivity contribution is -0.138. The minimum absolute atomic E-state index is 0.260. The normalized spacial score (nSPS) is 43.1. The summed E-state index contributed by atoms with van der Waals surface area (Å²) >= 11 is 0. The molecule has 3 nitrogen and oxygen atoms in total. The Morgan fingerprint density at radius 2 is 1.89 bits per heavy atom. The summed E-state index contributed by atoms with van der Waals surface area (Å²) in [5, 5.41) is 0. The molecule has 1 heterocycles. The predicted molar refractivity (Wildman–Crippen MR) is 76.6 cm³/mol. The summed E-state index contributed by atoms with van der Waals surface area (Å²) in [6, 6.07) is 0.886. The molecule has 2 N–H and O–H groups in total. The maximum atomic E-state index is 12.8. The highest BCUT2D eigenvalue weighted by atomic mass is 16.2. The minimum Gasteiger partial charge on any atom is -0.339 e. The van der Waals surface area contributed by atoms with Crippen LogP contribution in [0.2, 0.25) is 0 Å². The second-order valence-electron chi connectivity index (χ2n) is 7.08. The van der Waals surface area contributed by atoms with Crippen molar-refractivity contribution < 1.29 is 4.79 Å². The molecule has 2 aliphatic carbocycles. The van der Waals surface area contributed by atoms with Crippen LogP contribution in [0.5, 0.6) is 0 Å². The van der Waals surface area contributed by atoms with Crippen LogP contribution in [-0.4, -0.2) is 29.4 Å². The fourth-order valence-electron chi connectivity index (χ4n) is 4.56. The largest absolute Gasteiger partial charge is 0.339 e. The third-order valence-corrected chi connectivity index (χ3v) is 5.88. The third-order valence-electron chi connectivity index (χ3n) is 5.88. The Morgan fingerprint density at radius 3 is 2.68 bits per heavy atom. The zero-order chi connectivity index (χ0) is 13.4. The molecule has 0 spiro atoms. The highest BCUT2D eigenvalue weighted by Gasteiger charge is 2.41. The summed E-state index contributed by atoms with van der Waals surface area (Å²) in [6.45, 7) is 3.22. The number of amides is 1. The number of hydrogen-bond donors (Lipinski definition) is 1. The van der Waals surface area contributed by atoms with Gasteiger partial charge in [-0.2, -0.15) is 0 Å². The summed E-state index contributed by atoms with van der Waals surface area (Å²) < 4.78 is 0. The maximum absolute atomic E-state index is 12.8. The van der Waals surface area contributed by atoms with Crippen LogP contribution in [0.4, 0.5) is 0 Å². The number of fused-ring (bicyclic) bond motifs is 1. The standard InChI is InChI=1S/C16H28N2O/c1-11-10-13(6-7-14(11)17)16(19)18-9-8-12-4-2-3-5-15(12)18/h11-15H,2-10,17H2,1H3. The summed E-state index contributed by atoms with van der Waals surface area (Å²) in [6.07, 6.45) is 9.58. The molecule has 0 bridgehead atoms. The topological polar surface area (TPSA) is 46.3 Å². The van der Waals surface area contributed by atoms with Crippen molar-refractivity contribution in [3.63, 3.8) is 0 Å². The van der Waals surface area contributed by atoms with Crippen LogP contribution in [0, 0.1) is 17.8 Å². The number of rotatable bonds is 1. The number of carbonyl (C=O) groups excluding carboxylic acids is 1. The van der Waals surface area contributed by atoms with E-state index in [-0.39, 0.29) is 5.92 Å². The van der Waals surface area contributed by atoms with Gasteiger partial charge in [-0.15, -0.1) is 0 Å². The number of nitrogens with zero attached hydrogens (tertiary/aromatic N) is 1. The molecule has 19 heavy (non-hydrogen) atoms. The first-order chi connectivity index (χ1) is 9.16. The number of hydrogen-bond acceptors (Lipinski definition) is 2. The monoisotopic (exact) mass is 264 g/mol. The summed E-state index contributed by atoms with van der Waals surface area (Å²) in [4.78, 5) is 15.0. The highest BCUT2D eigenvalue weighted by Crippen LogP contribution is 2.38. The Bertz CT molecular complexity index is 344. The number of nitrogens with two attached hydrogens (primary N) is 1. The van der Waals surface area contributed by atoms with Crippen LogP contribution in [0.25, 0.3) is 0 Å². The molecule has 0 aromatic carbocycles. The molecule has 3 aliphatic rings. The first kappa shape index (κ1) is 13.4. The average Bonchev–Trinajstić information content (AvgIpc) is 2.85. The minimum atomic E-state index is 0.260. The molecule has 0 aromatic heterocycles. The quantitative estimate of drug-likeness (QED) is 0.791. The molecule has 3 heteroatoms. The van der Waals surface area contributed by atoms with E-state index < -0.39 is 0 Å². The van der Waals surface area contributed by atoms with Crippen LogP contribution in [0.3, 0.4) is 0 Å². The molecular formula is C16H28N2O. The van der Waals surface area contributed by atoms with Gasteiger partial charge in [0.05, 0.1) is 0 Å². The first-order valence-corrected chi connectivity index (χ1v) is 8.23. The maximum Gasteiger partial charge on any atom is 0.225 e. The molecule has 2 saturated carbocycles. The van der Waals surface area contributed by atoms with Crippen molar-refractivity contribution in [2.75, 3.05) is 6.54 Å². The van der Waals surface area contributed by atoms with Crippen molar-refractivity contribution in [2.24, 2.45) is 23.5 Å². The highest BCUT2D eigenvalue weighted by molar-refractivity contribution is 5.79. The van der Waals surface area contributed by atoms with Crippen LogP contribution in [-0.2, 0) is 4.79 Å². The van der Waals surface area contributed by atoms with E-state index in [1.807, 2.05) is 0 Å². The van der Waals surface area contributed by atoms with Gasteiger partial charge in [-0.1, -0.05) is 19.8 Å². The van der Waals surface area contributed by atoms with Gasteiger partial charge in [0.25, 0.3) is 0 Å². The van der Waals surface area contributed by atoms with Gasteiger partial charge >= 0.3 is 0 Å². The van der Waals surface area contributed by atoms with Crippen molar-refractivity contribution >= 4 is 5.91 Å². The van der Waals surface area contributed by atoms with Gasteiger partial charge in [-0.05, 0) is 50.4 Å². The summed E-state index contributed by atoms with van der Waals surface area (Å²) in [7, 11) is 0. The second kappa shape index (κ2) is 5.43. The molecule has 0 aromatic rings. The molecule has 5 atom stereocenters. The van der Waals surface area contributed by atoms with E-state index in [2.05, 4.69) is 11.8 Å². The number of carbonyl (C=O) groups is 1. The van der Waals surface area contributed by atoms with Gasteiger partial charge < -0.3 is 10.6 Å². The fraction of sp³-hybridized carbons (Fsp3) is 0.938. The summed E-state index contributed by atoms with van der Waals surface area (Å²) in [5.41, 5.74) is 6.08. The molecule has 1 saturated heterocycles. The Labute approximate surface area is 116 Å². The lowest BCUT2D eigenvalue weighted by atomic mass is 9.78. The van der Waals surface area contributed by atoms with Crippen LogP contribution in [0.15, 0.2) is 0 Å². The SMILES string of the molecule is CC1CC(C(=O)N2CCC3CCCCC32)CCC1N. The first-order valence-electron chi connectivity index (χ1n) is 8.23. The Hall–Kier alpha value is -0.570. The fourth-order valence-corrected chi connectivity index (χ4v) is 4.56. The van der Waals surface area contributed by atoms with Crippen LogP contribution in [0.1, 0.15) is 58.3 Å². The van der Waals surface area contributed by atoms with Crippen molar-refractivity contribution in [3.8, 4) is 0 Å². The van der Waals surface area contributed by atoms with Gasteiger partial charge in [-0.3, -0.25) is 4.79 Å². The molecular weight excluding hydrogens is 236 g/mol. The lowest BCUT2D eigenvalue weighted by Gasteiger charge is -2.37. The van der Waals surface area contributed by atoms with Crippen molar-refractivity contribution in [1.29, 1.82) is 0 Å². The van der Waals surface area contributed by atoms with E-state index in [1.165, 1.54) is 32.1 Å². The smallest absolute Gasteiger partial charge is 0.225 e. The zero-order valence-corrected chi connectivity index (χ0v) is 12.2. The van der Waals surface area contributed by atoms with Crippen LogP contribution < -0.4 is 5.73 Å². The van der Waals surface area contributed by atoms with E-state index in [9.17, 15) is 4.79 Å². The lowest BCUT2D eigenvalue weighted by Crippen LogP contribution is -2.45. The Morgan fingerprint density at radius 1 is 1.11 bits per heavy atom. The van der Waals surface area contributed by atoms with E-state index in [1.54, 1.807) is 0 Å². The molecule has 0 radical (unpaired) electrons. The molecule has 5 unspecified atom stereocenters. The summed E-state index contributed by atoms with van der Waals surface area (Å²) in [5.74, 6) is 2.03. The van der Waals surface area contributed by atoms with Crippen molar-refractivity contribution in [1.82, 2.24) is 4.90 Å². The van der Waals surface area contributed by atoms with Gasteiger partial charge in [0, 0.05) is 24.5 Å². The van der Waals surface area contributed by atoms with Gasteiger partial charge in [0.15, 0.2) is 0 Å². The van der Waals surface area contributed by atoms with E-state index in [0.29, 0.717) is 23.9 Å². The van der Waals surface area contributed by atoms with Gasteiger partial charge in [0.1, 0.15) is 0 Å². The average molecular weight is 264 g/mol. The molecule has 3 fully saturated rings.